The van der Waals surface area contributed by atoms with E-state index in [-0.39, 0.29) is 22.8 Å². The molecule has 0 saturated heterocycles. The highest BCUT2D eigenvalue weighted by molar-refractivity contribution is 5.99. The van der Waals surface area contributed by atoms with E-state index in [1.54, 1.807) is 0 Å². The highest BCUT2D eigenvalue weighted by atomic mass is 19.1. The van der Waals surface area contributed by atoms with Crippen LogP contribution in [0.1, 0.15) is 18.1 Å². The maximum Gasteiger partial charge on any atom is 0.211 e. The first-order chi connectivity index (χ1) is 7.41. The first kappa shape index (κ1) is 12.1. The van der Waals surface area contributed by atoms with Crippen molar-refractivity contribution in [3.8, 4) is 0 Å². The van der Waals surface area contributed by atoms with Gasteiger partial charge in [0, 0.05) is 5.56 Å². The van der Waals surface area contributed by atoms with Gasteiger partial charge in [-0.25, -0.2) is 8.78 Å². The molecule has 0 aromatic heterocycles. The first-order valence-electron chi connectivity index (χ1n) is 4.51. The summed E-state index contributed by atoms with van der Waals surface area (Å²) >= 11 is 0. The molecule has 4 N–H and O–H groups in total. The molecule has 0 saturated carbocycles. The van der Waals surface area contributed by atoms with Crippen molar-refractivity contribution in [3.63, 3.8) is 0 Å². The lowest BCUT2D eigenvalue weighted by Crippen LogP contribution is -2.22. The maximum absolute atomic E-state index is 13.4. The Morgan fingerprint density at radius 1 is 1.12 bits per heavy atom. The van der Waals surface area contributed by atoms with Crippen molar-refractivity contribution >= 4 is 11.7 Å². The summed E-state index contributed by atoms with van der Waals surface area (Å²) in [6.07, 6.45) is 0. The van der Waals surface area contributed by atoms with E-state index in [1.165, 1.54) is 13.8 Å². The zero-order valence-corrected chi connectivity index (χ0v) is 8.96. The molecule has 0 unspecified atom stereocenters. The van der Waals surface area contributed by atoms with Crippen LogP contribution in [0.3, 0.4) is 0 Å². The van der Waals surface area contributed by atoms with Gasteiger partial charge in [0.2, 0.25) is 5.96 Å². The van der Waals surface area contributed by atoms with E-state index in [1.807, 2.05) is 0 Å². The number of aryl methyl sites for hydroxylation is 1. The molecule has 1 aromatic rings. The highest BCUT2D eigenvalue weighted by Gasteiger charge is 2.09. The number of guanidine groups is 1. The zero-order valence-electron chi connectivity index (χ0n) is 8.96. The van der Waals surface area contributed by atoms with Gasteiger partial charge in [0.25, 0.3) is 0 Å². The van der Waals surface area contributed by atoms with Crippen LogP contribution in [0.15, 0.2) is 22.3 Å². The summed E-state index contributed by atoms with van der Waals surface area (Å²) in [6.45, 7) is 2.96. The molecule has 0 heterocycles. The van der Waals surface area contributed by atoms with Crippen LogP contribution in [0.5, 0.6) is 0 Å². The predicted octanol–water partition coefficient (Wildman–Crippen LogP) is 1.27. The Morgan fingerprint density at radius 2 is 1.75 bits per heavy atom. The van der Waals surface area contributed by atoms with Gasteiger partial charge in [0.1, 0.15) is 11.6 Å². The molecule has 0 radical (unpaired) electrons. The monoisotopic (exact) mass is 226 g/mol. The largest absolute Gasteiger partial charge is 0.369 e. The Bertz CT molecular complexity index is 462. The third-order valence-corrected chi connectivity index (χ3v) is 1.95. The third kappa shape index (κ3) is 2.75. The van der Waals surface area contributed by atoms with Crippen molar-refractivity contribution in [2.75, 3.05) is 0 Å². The quantitative estimate of drug-likeness (QED) is 0.452. The lowest BCUT2D eigenvalue weighted by atomic mass is 10.1. The number of hydrogen-bond acceptors (Lipinski definition) is 2. The van der Waals surface area contributed by atoms with Crippen LogP contribution in [0.2, 0.25) is 0 Å². The summed E-state index contributed by atoms with van der Waals surface area (Å²) in [5.41, 5.74) is 10.6. The molecule has 86 valence electrons. The minimum atomic E-state index is -0.564. The minimum Gasteiger partial charge on any atom is -0.369 e. The zero-order chi connectivity index (χ0) is 12.3. The summed E-state index contributed by atoms with van der Waals surface area (Å²) in [4.78, 5) is 0. The van der Waals surface area contributed by atoms with Gasteiger partial charge in [-0.2, -0.15) is 5.10 Å². The van der Waals surface area contributed by atoms with Crippen molar-refractivity contribution in [3.05, 3.63) is 34.9 Å². The molecular formula is C10H12F2N4. The molecule has 0 spiro atoms. The van der Waals surface area contributed by atoms with Gasteiger partial charge in [-0.15, -0.1) is 5.10 Å². The van der Waals surface area contributed by atoms with Gasteiger partial charge in [-0.3, -0.25) is 0 Å². The fourth-order valence-electron chi connectivity index (χ4n) is 1.11. The molecular weight excluding hydrogens is 214 g/mol. The fraction of sp³-hybridized carbons (Fsp3) is 0.200. The molecule has 1 rings (SSSR count). The number of nitrogens with zero attached hydrogens (tertiary/aromatic N) is 2. The number of benzene rings is 1. The van der Waals surface area contributed by atoms with E-state index in [0.717, 1.165) is 12.1 Å². The van der Waals surface area contributed by atoms with Crippen molar-refractivity contribution < 1.29 is 8.78 Å². The van der Waals surface area contributed by atoms with Crippen LogP contribution in [-0.4, -0.2) is 11.7 Å². The predicted molar refractivity (Wildman–Crippen MR) is 59.1 cm³/mol. The first-order valence-corrected chi connectivity index (χ1v) is 4.51. The Balaban J connectivity index is 3.19. The molecule has 0 fully saturated rings. The summed E-state index contributed by atoms with van der Waals surface area (Å²) in [5, 5.41) is 6.94. The SMILES string of the molecule is CC(=NN=C(N)N)c1cc(F)c(C)cc1F. The highest BCUT2D eigenvalue weighted by Crippen LogP contribution is 2.15. The molecule has 0 aliphatic heterocycles. The normalized spacial score (nSPS) is 11.4. The van der Waals surface area contributed by atoms with Gasteiger partial charge >= 0.3 is 0 Å². The Labute approximate surface area is 91.7 Å². The molecule has 0 aliphatic rings. The summed E-state index contributed by atoms with van der Waals surface area (Å²) in [7, 11) is 0. The van der Waals surface area contributed by atoms with E-state index < -0.39 is 11.6 Å². The van der Waals surface area contributed by atoms with E-state index in [9.17, 15) is 8.78 Å². The van der Waals surface area contributed by atoms with E-state index in [2.05, 4.69) is 10.2 Å². The van der Waals surface area contributed by atoms with Gasteiger partial charge in [-0.05, 0) is 31.5 Å². The summed E-state index contributed by atoms with van der Waals surface area (Å²) < 4.78 is 26.7. The average Bonchev–Trinajstić information content (AvgIpc) is 2.20. The van der Waals surface area contributed by atoms with E-state index in [0.29, 0.717) is 0 Å². The maximum atomic E-state index is 13.4. The second kappa shape index (κ2) is 4.69. The van der Waals surface area contributed by atoms with Crippen molar-refractivity contribution in [1.82, 2.24) is 0 Å². The van der Waals surface area contributed by atoms with Gasteiger partial charge in [0.05, 0.1) is 5.71 Å². The lowest BCUT2D eigenvalue weighted by Gasteiger charge is -2.03. The van der Waals surface area contributed by atoms with Crippen LogP contribution in [-0.2, 0) is 0 Å². The molecule has 0 aliphatic carbocycles. The Morgan fingerprint density at radius 3 is 2.31 bits per heavy atom. The second-order valence-electron chi connectivity index (χ2n) is 3.29. The average molecular weight is 226 g/mol. The summed E-state index contributed by atoms with van der Waals surface area (Å²) in [6, 6.07) is 2.16. The molecule has 16 heavy (non-hydrogen) atoms. The molecule has 0 bridgehead atoms. The third-order valence-electron chi connectivity index (χ3n) is 1.95. The fourth-order valence-corrected chi connectivity index (χ4v) is 1.11. The van der Waals surface area contributed by atoms with Crippen LogP contribution in [0.25, 0.3) is 0 Å². The van der Waals surface area contributed by atoms with Gasteiger partial charge < -0.3 is 11.5 Å². The number of rotatable bonds is 2. The topological polar surface area (TPSA) is 76.8 Å². The van der Waals surface area contributed by atoms with Crippen molar-refractivity contribution in [1.29, 1.82) is 0 Å². The molecule has 0 atom stereocenters. The van der Waals surface area contributed by atoms with E-state index in [4.69, 9.17) is 11.5 Å². The number of nitrogens with two attached hydrogens (primary N) is 2. The van der Waals surface area contributed by atoms with Gasteiger partial charge in [-0.1, -0.05) is 0 Å². The van der Waals surface area contributed by atoms with Crippen molar-refractivity contribution in [2.24, 2.45) is 21.7 Å². The minimum absolute atomic E-state index is 0.0353. The van der Waals surface area contributed by atoms with Gasteiger partial charge in [0.15, 0.2) is 0 Å². The standard InChI is InChI=1S/C10H12F2N4/c1-5-3-9(12)7(4-8(5)11)6(2)15-16-10(13)14/h3-4H,1-2H3,(H4,13,14,16). The Hall–Kier alpha value is -1.98. The number of hydrogen-bond donors (Lipinski definition) is 2. The molecule has 4 nitrogen and oxygen atoms in total. The van der Waals surface area contributed by atoms with Crippen LogP contribution < -0.4 is 11.5 Å². The van der Waals surface area contributed by atoms with Crippen LogP contribution >= 0.6 is 0 Å². The van der Waals surface area contributed by atoms with Crippen LogP contribution in [0.4, 0.5) is 8.78 Å². The van der Waals surface area contributed by atoms with E-state index >= 15 is 0 Å². The summed E-state index contributed by atoms with van der Waals surface area (Å²) in [5.74, 6) is -1.31. The lowest BCUT2D eigenvalue weighted by molar-refractivity contribution is 0.590. The Kier molecular flexibility index (Phi) is 3.55. The second-order valence-corrected chi connectivity index (χ2v) is 3.29. The molecule has 0 amide bonds. The molecule has 1 aromatic carbocycles. The number of halogens is 2. The molecule has 6 heteroatoms. The van der Waals surface area contributed by atoms with Crippen LogP contribution in [0, 0.1) is 18.6 Å². The van der Waals surface area contributed by atoms with Crippen molar-refractivity contribution in [2.45, 2.75) is 13.8 Å². The smallest absolute Gasteiger partial charge is 0.211 e.